The molecule has 1 aliphatic carbocycles. The lowest BCUT2D eigenvalue weighted by molar-refractivity contribution is 0.436. The molecule has 1 aromatic heterocycles. The van der Waals surface area contributed by atoms with Crippen molar-refractivity contribution in [2.75, 3.05) is 0 Å². The van der Waals surface area contributed by atoms with Gasteiger partial charge in [-0.3, -0.25) is 0 Å². The van der Waals surface area contributed by atoms with Gasteiger partial charge in [-0.15, -0.1) is 0 Å². The van der Waals surface area contributed by atoms with E-state index < -0.39 is 0 Å². The van der Waals surface area contributed by atoms with E-state index in [1.807, 2.05) is 6.20 Å². The number of rotatable bonds is 5. The highest BCUT2D eigenvalue weighted by atomic mass is 15.0. The molecule has 0 radical (unpaired) electrons. The van der Waals surface area contributed by atoms with E-state index in [2.05, 4.69) is 16.9 Å². The molecule has 2 rings (SSSR count). The molecule has 0 saturated heterocycles. The van der Waals surface area contributed by atoms with Gasteiger partial charge in [-0.05, 0) is 19.3 Å². The van der Waals surface area contributed by atoms with Crippen LogP contribution >= 0.6 is 0 Å². The molecule has 1 saturated carbocycles. The lowest BCUT2D eigenvalue weighted by Gasteiger charge is -2.20. The molecule has 0 aliphatic heterocycles. The molecular formula is C14H25N3. The van der Waals surface area contributed by atoms with Crippen LogP contribution in [0.2, 0.25) is 0 Å². The summed E-state index contributed by atoms with van der Waals surface area (Å²) in [4.78, 5) is 7.92. The van der Waals surface area contributed by atoms with Gasteiger partial charge in [0.15, 0.2) is 0 Å². The van der Waals surface area contributed by atoms with Gasteiger partial charge in [0.1, 0.15) is 5.82 Å². The largest absolute Gasteiger partial charge is 0.344 e. The topological polar surface area (TPSA) is 54.7 Å². The second-order valence-corrected chi connectivity index (χ2v) is 5.31. The minimum atomic E-state index is 0.0901. The number of unbranched alkanes of at least 4 members (excludes halogenated alkanes) is 1. The minimum absolute atomic E-state index is 0.0901. The fraction of sp³-hybridized carbons (Fsp3) is 0.786. The molecular weight excluding hydrogens is 210 g/mol. The molecule has 1 unspecified atom stereocenters. The monoisotopic (exact) mass is 235 g/mol. The Bertz CT molecular complexity index is 326. The normalized spacial score (nSPS) is 19.4. The maximum atomic E-state index is 6.13. The first-order chi connectivity index (χ1) is 8.31. The molecule has 0 amide bonds. The Morgan fingerprint density at radius 1 is 1.41 bits per heavy atom. The fourth-order valence-electron chi connectivity index (χ4n) is 2.72. The smallest absolute Gasteiger partial charge is 0.123 e. The molecule has 1 atom stereocenters. The molecule has 3 heteroatoms. The molecule has 3 N–H and O–H groups in total. The summed E-state index contributed by atoms with van der Waals surface area (Å²) in [5.74, 6) is 1.68. The van der Waals surface area contributed by atoms with Crippen LogP contribution in [0.1, 0.15) is 81.8 Å². The number of H-pyrrole nitrogens is 1. The van der Waals surface area contributed by atoms with E-state index in [0.29, 0.717) is 5.92 Å². The van der Waals surface area contributed by atoms with E-state index in [1.165, 1.54) is 50.6 Å². The van der Waals surface area contributed by atoms with Crippen molar-refractivity contribution in [2.24, 2.45) is 5.73 Å². The lowest BCUT2D eigenvalue weighted by Crippen LogP contribution is -2.12. The minimum Gasteiger partial charge on any atom is -0.344 e. The Hall–Kier alpha value is -0.830. The van der Waals surface area contributed by atoms with Crippen LogP contribution < -0.4 is 5.73 Å². The molecule has 96 valence electrons. The number of nitrogens with zero attached hydrogens (tertiary/aromatic N) is 1. The standard InChI is InChI=1S/C14H25N3/c1-2-3-9-12(15)14-16-10-13(17-14)11-7-5-4-6-8-11/h10-12H,2-9,15H2,1H3,(H,16,17). The van der Waals surface area contributed by atoms with Crippen molar-refractivity contribution < 1.29 is 0 Å². The van der Waals surface area contributed by atoms with Gasteiger partial charge in [0.05, 0.1) is 6.04 Å². The highest BCUT2D eigenvalue weighted by Crippen LogP contribution is 2.32. The number of imidazole rings is 1. The Balaban J connectivity index is 1.94. The average Bonchev–Trinajstić information content (AvgIpc) is 2.86. The molecule has 0 aromatic carbocycles. The van der Waals surface area contributed by atoms with Crippen LogP contribution in [0.25, 0.3) is 0 Å². The van der Waals surface area contributed by atoms with Crippen LogP contribution in [0.15, 0.2) is 6.20 Å². The first-order valence-corrected chi connectivity index (χ1v) is 7.11. The first kappa shape index (κ1) is 12.6. The van der Waals surface area contributed by atoms with Gasteiger partial charge in [0.25, 0.3) is 0 Å². The number of hydrogen-bond donors (Lipinski definition) is 2. The van der Waals surface area contributed by atoms with Gasteiger partial charge in [-0.1, -0.05) is 39.0 Å². The van der Waals surface area contributed by atoms with Crippen molar-refractivity contribution in [1.82, 2.24) is 9.97 Å². The third-order valence-electron chi connectivity index (χ3n) is 3.88. The number of nitrogens with one attached hydrogen (secondary N) is 1. The summed E-state index contributed by atoms with van der Waals surface area (Å²) in [5.41, 5.74) is 7.44. The number of aromatic nitrogens is 2. The first-order valence-electron chi connectivity index (χ1n) is 7.11. The van der Waals surface area contributed by atoms with Gasteiger partial charge in [-0.25, -0.2) is 4.98 Å². The number of nitrogens with two attached hydrogens (primary N) is 1. The molecule has 1 fully saturated rings. The summed E-state index contributed by atoms with van der Waals surface area (Å²) < 4.78 is 0. The summed E-state index contributed by atoms with van der Waals surface area (Å²) in [6.07, 6.45) is 12.2. The van der Waals surface area contributed by atoms with Gasteiger partial charge < -0.3 is 10.7 Å². The van der Waals surface area contributed by atoms with Crippen LogP contribution in [-0.4, -0.2) is 9.97 Å². The fourth-order valence-corrected chi connectivity index (χ4v) is 2.72. The van der Waals surface area contributed by atoms with Crippen LogP contribution in [0.4, 0.5) is 0 Å². The Morgan fingerprint density at radius 2 is 2.18 bits per heavy atom. The number of hydrogen-bond acceptors (Lipinski definition) is 2. The molecule has 17 heavy (non-hydrogen) atoms. The van der Waals surface area contributed by atoms with Crippen molar-refractivity contribution in [3.63, 3.8) is 0 Å². The summed E-state index contributed by atoms with van der Waals surface area (Å²) >= 11 is 0. The zero-order valence-electron chi connectivity index (χ0n) is 10.9. The SMILES string of the molecule is CCCCC(N)c1ncc(C2CCCCC2)[nH]1. The summed E-state index contributed by atoms with van der Waals surface area (Å²) in [6, 6.07) is 0.0901. The quantitative estimate of drug-likeness (QED) is 0.818. The van der Waals surface area contributed by atoms with Gasteiger partial charge in [0.2, 0.25) is 0 Å². The van der Waals surface area contributed by atoms with E-state index >= 15 is 0 Å². The van der Waals surface area contributed by atoms with Crippen LogP contribution in [0.5, 0.6) is 0 Å². The van der Waals surface area contributed by atoms with Crippen molar-refractivity contribution in [3.05, 3.63) is 17.7 Å². The Labute approximate surface area is 104 Å². The average molecular weight is 235 g/mol. The Morgan fingerprint density at radius 3 is 2.88 bits per heavy atom. The van der Waals surface area contributed by atoms with Crippen molar-refractivity contribution >= 4 is 0 Å². The Kier molecular flexibility index (Phi) is 4.60. The van der Waals surface area contributed by atoms with Gasteiger partial charge >= 0.3 is 0 Å². The number of aromatic amines is 1. The maximum Gasteiger partial charge on any atom is 0.123 e. The van der Waals surface area contributed by atoms with E-state index in [0.717, 1.165) is 12.2 Å². The van der Waals surface area contributed by atoms with Gasteiger partial charge in [-0.2, -0.15) is 0 Å². The van der Waals surface area contributed by atoms with E-state index in [4.69, 9.17) is 5.73 Å². The molecule has 1 heterocycles. The lowest BCUT2D eigenvalue weighted by atomic mass is 9.87. The second kappa shape index (κ2) is 6.20. The van der Waals surface area contributed by atoms with Crippen LogP contribution in [0, 0.1) is 0 Å². The van der Waals surface area contributed by atoms with Crippen molar-refractivity contribution in [1.29, 1.82) is 0 Å². The van der Waals surface area contributed by atoms with Crippen LogP contribution in [-0.2, 0) is 0 Å². The highest BCUT2D eigenvalue weighted by molar-refractivity contribution is 5.10. The third-order valence-corrected chi connectivity index (χ3v) is 3.88. The summed E-state index contributed by atoms with van der Waals surface area (Å²) in [6.45, 7) is 2.20. The zero-order valence-corrected chi connectivity index (χ0v) is 10.9. The van der Waals surface area contributed by atoms with Gasteiger partial charge in [0, 0.05) is 17.8 Å². The van der Waals surface area contributed by atoms with Crippen molar-refractivity contribution in [2.45, 2.75) is 70.3 Å². The third kappa shape index (κ3) is 3.32. The molecule has 0 bridgehead atoms. The van der Waals surface area contributed by atoms with Crippen molar-refractivity contribution in [3.8, 4) is 0 Å². The maximum absolute atomic E-state index is 6.13. The molecule has 1 aromatic rings. The summed E-state index contributed by atoms with van der Waals surface area (Å²) in [7, 11) is 0. The second-order valence-electron chi connectivity index (χ2n) is 5.31. The molecule has 0 spiro atoms. The molecule has 3 nitrogen and oxygen atoms in total. The van der Waals surface area contributed by atoms with E-state index in [-0.39, 0.29) is 6.04 Å². The molecule has 1 aliphatic rings. The predicted molar refractivity (Wildman–Crippen MR) is 70.9 cm³/mol. The van der Waals surface area contributed by atoms with E-state index in [9.17, 15) is 0 Å². The predicted octanol–water partition coefficient (Wildman–Crippen LogP) is 3.65. The van der Waals surface area contributed by atoms with E-state index in [1.54, 1.807) is 0 Å². The zero-order chi connectivity index (χ0) is 12.1. The summed E-state index contributed by atoms with van der Waals surface area (Å²) in [5, 5.41) is 0. The highest BCUT2D eigenvalue weighted by Gasteiger charge is 2.18. The van der Waals surface area contributed by atoms with Crippen LogP contribution in [0.3, 0.4) is 0 Å².